The molecular formula is C28H41N3O4S. The average Bonchev–Trinajstić information content (AvgIpc) is 3.14. The van der Waals surface area contributed by atoms with Crippen LogP contribution in [0.5, 0.6) is 0 Å². The van der Waals surface area contributed by atoms with Crippen molar-refractivity contribution in [2.45, 2.75) is 105 Å². The molecule has 0 bridgehead atoms. The van der Waals surface area contributed by atoms with Crippen LogP contribution in [0.4, 0.5) is 4.79 Å². The number of amides is 2. The highest BCUT2D eigenvalue weighted by Crippen LogP contribution is 2.42. The average molecular weight is 516 g/mol. The number of aryl methyl sites for hydroxylation is 2. The first-order valence-electron chi connectivity index (χ1n) is 12.9. The third kappa shape index (κ3) is 6.99. The van der Waals surface area contributed by atoms with E-state index in [1.165, 1.54) is 4.88 Å². The fraction of sp³-hybridized carbons (Fsp3) is 0.607. The summed E-state index contributed by atoms with van der Waals surface area (Å²) in [6.45, 7) is 13.8. The monoisotopic (exact) mass is 515 g/mol. The van der Waals surface area contributed by atoms with E-state index in [-0.39, 0.29) is 30.1 Å². The van der Waals surface area contributed by atoms with Gasteiger partial charge in [-0.05, 0) is 103 Å². The second kappa shape index (κ2) is 11.6. The lowest BCUT2D eigenvalue weighted by molar-refractivity contribution is 0.0485. The molecule has 2 aromatic heterocycles. The van der Waals surface area contributed by atoms with Gasteiger partial charge in [0.25, 0.3) is 11.5 Å². The Bertz CT molecular complexity index is 1140. The molecule has 1 unspecified atom stereocenters. The summed E-state index contributed by atoms with van der Waals surface area (Å²) in [6.07, 6.45) is 4.60. The fourth-order valence-electron chi connectivity index (χ4n) is 5.26. The number of nitrogens with one attached hydrogen (secondary N) is 3. The molecule has 0 spiro atoms. The summed E-state index contributed by atoms with van der Waals surface area (Å²) in [4.78, 5) is 41.5. The highest BCUT2D eigenvalue weighted by atomic mass is 32.1. The van der Waals surface area contributed by atoms with Crippen LogP contribution < -0.4 is 16.2 Å². The van der Waals surface area contributed by atoms with E-state index in [4.69, 9.17) is 4.74 Å². The smallest absolute Gasteiger partial charge is 0.407 e. The first-order valence-corrected chi connectivity index (χ1v) is 13.8. The van der Waals surface area contributed by atoms with E-state index >= 15 is 0 Å². The first kappa shape index (κ1) is 28.0. The number of hydrogen-bond acceptors (Lipinski definition) is 5. The number of hydrogen-bond donors (Lipinski definition) is 3. The van der Waals surface area contributed by atoms with Crippen molar-refractivity contribution in [1.29, 1.82) is 0 Å². The van der Waals surface area contributed by atoms with Crippen LogP contribution in [0.1, 0.15) is 103 Å². The van der Waals surface area contributed by atoms with Crippen LogP contribution in [0.15, 0.2) is 16.2 Å². The molecule has 1 fully saturated rings. The van der Waals surface area contributed by atoms with Crippen LogP contribution in [-0.2, 0) is 11.3 Å². The van der Waals surface area contributed by atoms with Crippen molar-refractivity contribution in [1.82, 2.24) is 15.6 Å². The molecule has 1 saturated carbocycles. The Morgan fingerprint density at radius 2 is 1.83 bits per heavy atom. The van der Waals surface area contributed by atoms with Crippen LogP contribution in [0.3, 0.4) is 0 Å². The van der Waals surface area contributed by atoms with Gasteiger partial charge < -0.3 is 20.4 Å². The van der Waals surface area contributed by atoms with E-state index in [0.717, 1.165) is 48.9 Å². The van der Waals surface area contributed by atoms with E-state index in [1.54, 1.807) is 11.3 Å². The van der Waals surface area contributed by atoms with E-state index in [9.17, 15) is 14.4 Å². The maximum atomic E-state index is 13.0. The fourth-order valence-corrected chi connectivity index (χ4v) is 6.61. The molecule has 0 aliphatic heterocycles. The normalized spacial score (nSPS) is 19.0. The third-order valence-electron chi connectivity index (χ3n) is 7.08. The van der Waals surface area contributed by atoms with Gasteiger partial charge in [-0.3, -0.25) is 9.59 Å². The van der Waals surface area contributed by atoms with Gasteiger partial charge >= 0.3 is 6.09 Å². The van der Waals surface area contributed by atoms with E-state index in [1.807, 2.05) is 53.0 Å². The molecule has 198 valence electrons. The van der Waals surface area contributed by atoms with Gasteiger partial charge in [0.1, 0.15) is 5.60 Å². The van der Waals surface area contributed by atoms with Gasteiger partial charge in [0.05, 0.1) is 5.56 Å². The Hall–Kier alpha value is -2.61. The summed E-state index contributed by atoms with van der Waals surface area (Å²) in [7, 11) is 0. The summed E-state index contributed by atoms with van der Waals surface area (Å²) in [5, 5.41) is 7.92. The number of pyridine rings is 1. The Morgan fingerprint density at radius 3 is 2.42 bits per heavy atom. The van der Waals surface area contributed by atoms with Gasteiger partial charge in [-0.15, -0.1) is 11.3 Å². The predicted molar refractivity (Wildman–Crippen MR) is 145 cm³/mol. The van der Waals surface area contributed by atoms with Crippen LogP contribution in [0, 0.1) is 26.7 Å². The van der Waals surface area contributed by atoms with Gasteiger partial charge in [-0.2, -0.15) is 0 Å². The summed E-state index contributed by atoms with van der Waals surface area (Å²) >= 11 is 1.66. The summed E-state index contributed by atoms with van der Waals surface area (Å²) < 4.78 is 5.41. The molecule has 36 heavy (non-hydrogen) atoms. The van der Waals surface area contributed by atoms with Crippen molar-refractivity contribution >= 4 is 23.3 Å². The lowest BCUT2D eigenvalue weighted by Crippen LogP contribution is -2.41. The van der Waals surface area contributed by atoms with Gasteiger partial charge in [-0.1, -0.05) is 6.92 Å². The molecule has 7 nitrogen and oxygen atoms in total. The van der Waals surface area contributed by atoms with E-state index in [0.29, 0.717) is 23.0 Å². The third-order valence-corrected chi connectivity index (χ3v) is 8.30. The topological polar surface area (TPSA) is 100 Å². The number of carbonyl (C=O) groups excluding carboxylic acids is 2. The van der Waals surface area contributed by atoms with Gasteiger partial charge in [0, 0.05) is 34.1 Å². The van der Waals surface area contributed by atoms with Crippen LogP contribution in [0.25, 0.3) is 0 Å². The number of ether oxygens (including phenoxy) is 1. The molecule has 8 heteroatoms. The number of aromatic nitrogens is 1. The molecule has 1 atom stereocenters. The largest absolute Gasteiger partial charge is 0.444 e. The Balaban J connectivity index is 1.61. The van der Waals surface area contributed by atoms with Crippen LogP contribution in [0.2, 0.25) is 0 Å². The minimum absolute atomic E-state index is 0.144. The maximum absolute atomic E-state index is 13.0. The number of H-pyrrole nitrogens is 1. The van der Waals surface area contributed by atoms with Crippen molar-refractivity contribution in [2.24, 2.45) is 5.92 Å². The molecule has 0 radical (unpaired) electrons. The zero-order valence-corrected chi connectivity index (χ0v) is 23.5. The lowest BCUT2D eigenvalue weighted by Gasteiger charge is -2.34. The predicted octanol–water partition coefficient (Wildman–Crippen LogP) is 5.87. The minimum Gasteiger partial charge on any atom is -0.444 e. The Kier molecular flexibility index (Phi) is 9.03. The molecule has 1 aliphatic rings. The zero-order valence-electron chi connectivity index (χ0n) is 22.7. The van der Waals surface area contributed by atoms with Crippen molar-refractivity contribution < 1.29 is 14.3 Å². The highest BCUT2D eigenvalue weighted by Gasteiger charge is 2.31. The molecule has 2 heterocycles. The van der Waals surface area contributed by atoms with Gasteiger partial charge in [0.15, 0.2) is 0 Å². The highest BCUT2D eigenvalue weighted by molar-refractivity contribution is 7.10. The molecular weight excluding hydrogens is 474 g/mol. The number of aromatic amines is 1. The number of carbonyl (C=O) groups is 2. The second-order valence-corrected chi connectivity index (χ2v) is 11.9. The molecule has 3 N–H and O–H groups in total. The molecule has 3 rings (SSSR count). The SMILES string of the molecule is CCC(c1scc(C(=O)NCc2c(C)cc(C)[nH]c2=O)c1C)[C@H]1CC[C@H](NC(=O)OC(C)(C)C)CC1. The standard InChI is InChI=1S/C28H41N3O4S/c1-8-21(19-9-11-20(12-10-19)31-27(34)35-28(5,6)7)24-18(4)23(15-36-24)25(32)29-14-22-16(2)13-17(3)30-26(22)33/h13,15,19-21H,8-12,14H2,1-7H3,(H,29,32)(H,30,33)(H,31,34)/t19-,20-,21?. The van der Waals surface area contributed by atoms with Gasteiger partial charge in [-0.25, -0.2) is 4.79 Å². The van der Waals surface area contributed by atoms with E-state index in [2.05, 4.69) is 22.5 Å². The zero-order chi connectivity index (χ0) is 26.6. The van der Waals surface area contributed by atoms with Crippen molar-refractivity contribution in [3.8, 4) is 0 Å². The Labute approximate surface area is 218 Å². The lowest BCUT2D eigenvalue weighted by atomic mass is 9.76. The molecule has 2 aromatic rings. The first-order chi connectivity index (χ1) is 16.9. The second-order valence-electron chi connectivity index (χ2n) is 11.0. The molecule has 1 aliphatic carbocycles. The van der Waals surface area contributed by atoms with Crippen molar-refractivity contribution in [3.63, 3.8) is 0 Å². The van der Waals surface area contributed by atoms with Crippen molar-refractivity contribution in [3.05, 3.63) is 54.6 Å². The summed E-state index contributed by atoms with van der Waals surface area (Å²) in [6, 6.07) is 2.06. The number of thiophene rings is 1. The Morgan fingerprint density at radius 1 is 1.17 bits per heavy atom. The molecule has 0 aromatic carbocycles. The quantitative estimate of drug-likeness (QED) is 0.429. The number of rotatable bonds is 7. The van der Waals surface area contributed by atoms with Crippen molar-refractivity contribution in [2.75, 3.05) is 0 Å². The minimum atomic E-state index is -0.496. The summed E-state index contributed by atoms with van der Waals surface area (Å²) in [5.41, 5.74) is 3.35. The molecule has 0 saturated heterocycles. The number of alkyl carbamates (subject to hydrolysis) is 1. The van der Waals surface area contributed by atoms with Crippen LogP contribution >= 0.6 is 11.3 Å². The van der Waals surface area contributed by atoms with Crippen LogP contribution in [-0.4, -0.2) is 28.6 Å². The molecule has 2 amide bonds. The maximum Gasteiger partial charge on any atom is 0.407 e. The summed E-state index contributed by atoms with van der Waals surface area (Å²) in [5.74, 6) is 0.768. The van der Waals surface area contributed by atoms with E-state index < -0.39 is 5.60 Å². The van der Waals surface area contributed by atoms with Gasteiger partial charge in [0.2, 0.25) is 0 Å².